The third-order valence-corrected chi connectivity index (χ3v) is 7.96. The SMILES string of the molecule is NC(=O)N(S)c1ccc(CN2CCN(S(=O)(=O)c3ccc4cc(Cl)ccc4c3)CC2=O)cc1. The number of fused-ring (bicyclic) bond motifs is 1. The fourth-order valence-corrected chi connectivity index (χ4v) is 5.38. The van der Waals surface area contributed by atoms with Crippen molar-refractivity contribution in [1.29, 1.82) is 0 Å². The van der Waals surface area contributed by atoms with E-state index in [9.17, 15) is 18.0 Å². The lowest BCUT2D eigenvalue weighted by Crippen LogP contribution is -2.51. The molecule has 0 spiro atoms. The first-order valence-electron chi connectivity index (χ1n) is 10.00. The van der Waals surface area contributed by atoms with Crippen molar-refractivity contribution in [2.75, 3.05) is 23.9 Å². The number of halogens is 1. The number of piperazine rings is 1. The molecule has 0 aromatic heterocycles. The van der Waals surface area contributed by atoms with Crippen molar-refractivity contribution in [3.63, 3.8) is 0 Å². The van der Waals surface area contributed by atoms with E-state index in [0.29, 0.717) is 17.3 Å². The topological polar surface area (TPSA) is 104 Å². The van der Waals surface area contributed by atoms with E-state index in [0.717, 1.165) is 20.6 Å². The van der Waals surface area contributed by atoms with E-state index in [1.54, 1.807) is 59.5 Å². The van der Waals surface area contributed by atoms with Gasteiger partial charge < -0.3 is 10.6 Å². The summed E-state index contributed by atoms with van der Waals surface area (Å²) < 4.78 is 28.5. The zero-order valence-corrected chi connectivity index (χ0v) is 19.9. The lowest BCUT2D eigenvalue weighted by molar-refractivity contribution is -0.134. The maximum Gasteiger partial charge on any atom is 0.329 e. The number of nitrogens with zero attached hydrogens (tertiary/aromatic N) is 3. The van der Waals surface area contributed by atoms with Gasteiger partial charge in [0, 0.05) is 24.7 Å². The summed E-state index contributed by atoms with van der Waals surface area (Å²) in [4.78, 5) is 25.7. The molecule has 1 fully saturated rings. The standard InChI is InChI=1S/C22H21ClN4O4S2/c23-18-5-3-17-12-20(8-4-16(17)11-18)33(30,31)26-10-9-25(21(28)14-26)13-15-1-6-19(7-2-15)27(32)22(24)29/h1-8,11-12,32H,9-10,13-14H2,(H2,24,29). The fourth-order valence-electron chi connectivity index (χ4n) is 3.65. The Kier molecular flexibility index (Phi) is 6.53. The molecule has 1 saturated heterocycles. The van der Waals surface area contributed by atoms with E-state index in [1.807, 2.05) is 0 Å². The average molecular weight is 505 g/mol. The molecule has 1 heterocycles. The summed E-state index contributed by atoms with van der Waals surface area (Å²) in [5, 5.41) is 2.17. The Hall–Kier alpha value is -2.79. The van der Waals surface area contributed by atoms with Crippen LogP contribution in [0.15, 0.2) is 65.6 Å². The van der Waals surface area contributed by atoms with Crippen LogP contribution >= 0.6 is 24.4 Å². The minimum atomic E-state index is -3.82. The van der Waals surface area contributed by atoms with Gasteiger partial charge in [-0.3, -0.25) is 4.79 Å². The van der Waals surface area contributed by atoms with E-state index in [-0.39, 0.29) is 30.4 Å². The third kappa shape index (κ3) is 4.93. The molecule has 1 aliphatic rings. The Bertz CT molecular complexity index is 1330. The van der Waals surface area contributed by atoms with E-state index < -0.39 is 16.1 Å². The van der Waals surface area contributed by atoms with Crippen LogP contribution in [0.1, 0.15) is 5.56 Å². The van der Waals surface area contributed by atoms with Crippen molar-refractivity contribution in [1.82, 2.24) is 9.21 Å². The molecular weight excluding hydrogens is 484 g/mol. The molecule has 4 rings (SSSR count). The summed E-state index contributed by atoms with van der Waals surface area (Å²) in [6.45, 7) is 0.554. The first-order valence-corrected chi connectivity index (χ1v) is 12.2. The van der Waals surface area contributed by atoms with Crippen molar-refractivity contribution in [2.45, 2.75) is 11.4 Å². The second-order valence-electron chi connectivity index (χ2n) is 7.62. The summed E-state index contributed by atoms with van der Waals surface area (Å²) in [6.07, 6.45) is 0. The molecule has 1 aliphatic heterocycles. The summed E-state index contributed by atoms with van der Waals surface area (Å²) in [5.74, 6) is -0.283. The van der Waals surface area contributed by atoms with Gasteiger partial charge in [0.15, 0.2) is 0 Å². The van der Waals surface area contributed by atoms with Gasteiger partial charge in [-0.05, 0) is 52.7 Å². The molecule has 8 nitrogen and oxygen atoms in total. The highest BCUT2D eigenvalue weighted by Crippen LogP contribution is 2.26. The number of thiol groups is 1. The molecule has 0 bridgehead atoms. The predicted molar refractivity (Wildman–Crippen MR) is 131 cm³/mol. The van der Waals surface area contributed by atoms with Crippen molar-refractivity contribution in [2.24, 2.45) is 5.73 Å². The molecule has 2 N–H and O–H groups in total. The highest BCUT2D eigenvalue weighted by Gasteiger charge is 2.33. The average Bonchev–Trinajstić information content (AvgIpc) is 2.79. The number of nitrogens with two attached hydrogens (primary N) is 1. The Labute approximate surface area is 202 Å². The number of hydrogen-bond acceptors (Lipinski definition) is 5. The molecule has 11 heteroatoms. The Balaban J connectivity index is 1.45. The largest absolute Gasteiger partial charge is 0.350 e. The van der Waals surface area contributed by atoms with E-state index >= 15 is 0 Å². The minimum absolute atomic E-state index is 0.139. The lowest BCUT2D eigenvalue weighted by atomic mass is 10.1. The van der Waals surface area contributed by atoms with Gasteiger partial charge >= 0.3 is 6.03 Å². The van der Waals surface area contributed by atoms with Crippen molar-refractivity contribution in [3.05, 3.63) is 71.2 Å². The molecule has 33 heavy (non-hydrogen) atoms. The van der Waals surface area contributed by atoms with Gasteiger partial charge in [0.1, 0.15) is 0 Å². The summed E-state index contributed by atoms with van der Waals surface area (Å²) in [6, 6.07) is 16.2. The molecule has 3 aromatic rings. The number of anilines is 1. The van der Waals surface area contributed by atoms with Gasteiger partial charge in [0.2, 0.25) is 15.9 Å². The summed E-state index contributed by atoms with van der Waals surface area (Å²) in [7, 11) is -3.82. The first-order chi connectivity index (χ1) is 15.6. The maximum atomic E-state index is 13.1. The zero-order chi connectivity index (χ0) is 23.8. The highest BCUT2D eigenvalue weighted by molar-refractivity contribution is 7.89. The summed E-state index contributed by atoms with van der Waals surface area (Å²) >= 11 is 10.0. The molecule has 0 radical (unpaired) electrons. The van der Waals surface area contributed by atoms with Crippen LogP contribution in [-0.4, -0.2) is 49.2 Å². The van der Waals surface area contributed by atoms with Crippen LogP contribution in [0.25, 0.3) is 10.8 Å². The summed E-state index contributed by atoms with van der Waals surface area (Å²) in [5.41, 5.74) is 6.54. The van der Waals surface area contributed by atoms with Crippen LogP contribution < -0.4 is 10.0 Å². The number of carbonyl (C=O) groups excluding carboxylic acids is 2. The lowest BCUT2D eigenvalue weighted by Gasteiger charge is -2.33. The monoisotopic (exact) mass is 504 g/mol. The van der Waals surface area contributed by atoms with Crippen LogP contribution in [0.3, 0.4) is 0 Å². The number of urea groups is 1. The van der Waals surface area contributed by atoms with Crippen molar-refractivity contribution in [3.8, 4) is 0 Å². The van der Waals surface area contributed by atoms with Gasteiger partial charge in [0.25, 0.3) is 0 Å². The smallest absolute Gasteiger partial charge is 0.329 e. The van der Waals surface area contributed by atoms with Gasteiger partial charge in [-0.25, -0.2) is 17.5 Å². The predicted octanol–water partition coefficient (Wildman–Crippen LogP) is 3.26. The Morgan fingerprint density at radius 3 is 2.36 bits per heavy atom. The molecule has 0 unspecified atom stereocenters. The van der Waals surface area contributed by atoms with E-state index in [1.165, 1.54) is 10.4 Å². The molecule has 0 saturated carbocycles. The number of benzene rings is 3. The van der Waals surface area contributed by atoms with Crippen LogP contribution in [0.5, 0.6) is 0 Å². The number of rotatable bonds is 5. The maximum absolute atomic E-state index is 13.1. The van der Waals surface area contributed by atoms with Crippen LogP contribution in [-0.2, 0) is 21.4 Å². The van der Waals surface area contributed by atoms with Crippen LogP contribution in [0.4, 0.5) is 10.5 Å². The van der Waals surface area contributed by atoms with Crippen LogP contribution in [0, 0.1) is 0 Å². The van der Waals surface area contributed by atoms with E-state index in [4.69, 9.17) is 17.3 Å². The fraction of sp³-hybridized carbons (Fsp3) is 0.182. The van der Waals surface area contributed by atoms with Gasteiger partial charge in [-0.1, -0.05) is 48.7 Å². The molecule has 172 valence electrons. The number of amides is 3. The molecule has 3 amide bonds. The Morgan fingerprint density at radius 1 is 1.03 bits per heavy atom. The number of primary amides is 1. The zero-order valence-electron chi connectivity index (χ0n) is 17.4. The number of hydrogen-bond donors (Lipinski definition) is 2. The van der Waals surface area contributed by atoms with Gasteiger partial charge in [0.05, 0.1) is 17.1 Å². The number of carbonyl (C=O) groups is 2. The second kappa shape index (κ2) is 9.22. The van der Waals surface area contributed by atoms with Gasteiger partial charge in [-0.15, -0.1) is 0 Å². The molecule has 0 atom stereocenters. The second-order valence-corrected chi connectivity index (χ2v) is 10.4. The number of sulfonamides is 1. The molecular formula is C22H21ClN4O4S2. The minimum Gasteiger partial charge on any atom is -0.350 e. The normalized spacial score (nSPS) is 15.1. The van der Waals surface area contributed by atoms with Crippen molar-refractivity contribution >= 4 is 62.8 Å². The van der Waals surface area contributed by atoms with E-state index in [2.05, 4.69) is 12.8 Å². The Morgan fingerprint density at radius 2 is 1.70 bits per heavy atom. The quantitative estimate of drug-likeness (QED) is 0.520. The van der Waals surface area contributed by atoms with Crippen molar-refractivity contribution < 1.29 is 18.0 Å². The first kappa shape index (κ1) is 23.4. The van der Waals surface area contributed by atoms with Gasteiger partial charge in [-0.2, -0.15) is 4.31 Å². The molecule has 0 aliphatic carbocycles. The van der Waals surface area contributed by atoms with Crippen LogP contribution in [0.2, 0.25) is 5.02 Å². The highest BCUT2D eigenvalue weighted by atomic mass is 35.5. The molecule has 3 aromatic carbocycles. The third-order valence-electron chi connectivity index (χ3n) is 5.46.